The minimum absolute atomic E-state index is 0.0713. The number of rotatable bonds is 8. The number of anilines is 2. The summed E-state index contributed by atoms with van der Waals surface area (Å²) >= 11 is 5.72. The average molecular weight is 560 g/mol. The zero-order valence-electron chi connectivity index (χ0n) is 21.6. The Hall–Kier alpha value is -3.99. The van der Waals surface area contributed by atoms with Crippen LogP contribution in [0.3, 0.4) is 0 Å². The third kappa shape index (κ3) is 6.03. The number of halogens is 3. The first-order valence-electron chi connectivity index (χ1n) is 12.3. The maximum Gasteiger partial charge on any atom is 0.246 e. The number of carbonyl (C=O) groups is 2. The molecular weight excluding hydrogens is 532 g/mol. The van der Waals surface area contributed by atoms with E-state index in [-0.39, 0.29) is 35.8 Å². The number of aromatic nitrogens is 2. The van der Waals surface area contributed by atoms with Crippen LogP contribution in [0.4, 0.5) is 20.3 Å². The van der Waals surface area contributed by atoms with E-state index < -0.39 is 28.8 Å². The second-order valence-corrected chi connectivity index (χ2v) is 9.65. The molecule has 2 atom stereocenters. The summed E-state index contributed by atoms with van der Waals surface area (Å²) in [5.74, 6) is -1.49. The molecule has 0 bridgehead atoms. The van der Waals surface area contributed by atoms with Crippen LogP contribution in [0.5, 0.6) is 11.5 Å². The van der Waals surface area contributed by atoms with E-state index >= 15 is 0 Å². The molecule has 1 aliphatic heterocycles. The molecule has 206 valence electrons. The molecule has 2 heterocycles. The molecule has 3 aromatic rings. The molecule has 1 saturated heterocycles. The van der Waals surface area contributed by atoms with Gasteiger partial charge in [0, 0.05) is 36.9 Å². The van der Waals surface area contributed by atoms with Crippen molar-refractivity contribution in [1.29, 1.82) is 0 Å². The summed E-state index contributed by atoms with van der Waals surface area (Å²) in [4.78, 5) is 35.3. The summed E-state index contributed by atoms with van der Waals surface area (Å²) in [6.07, 6.45) is 2.76. The number of amides is 2. The van der Waals surface area contributed by atoms with Crippen LogP contribution in [-0.2, 0) is 9.59 Å². The van der Waals surface area contributed by atoms with Crippen LogP contribution >= 0.6 is 11.6 Å². The fraction of sp³-hybridized carbons (Fsp3) is 0.333. The first-order chi connectivity index (χ1) is 18.6. The molecule has 0 aliphatic carbocycles. The van der Waals surface area contributed by atoms with Gasteiger partial charge in [0.15, 0.2) is 17.3 Å². The highest BCUT2D eigenvalue weighted by molar-refractivity contribution is 6.31. The van der Waals surface area contributed by atoms with Crippen LogP contribution < -0.4 is 20.1 Å². The third-order valence-electron chi connectivity index (χ3n) is 6.25. The number of carbonyl (C=O) groups excluding carboxylic acids is 2. The van der Waals surface area contributed by atoms with Gasteiger partial charge in [-0.05, 0) is 38.1 Å². The van der Waals surface area contributed by atoms with Gasteiger partial charge in [-0.3, -0.25) is 9.59 Å². The van der Waals surface area contributed by atoms with Crippen LogP contribution in [0.1, 0.15) is 26.7 Å². The molecule has 0 spiro atoms. The van der Waals surface area contributed by atoms with Crippen molar-refractivity contribution in [1.82, 2.24) is 20.2 Å². The zero-order valence-corrected chi connectivity index (χ0v) is 22.4. The van der Waals surface area contributed by atoms with Crippen molar-refractivity contribution in [3.05, 3.63) is 59.9 Å². The van der Waals surface area contributed by atoms with Gasteiger partial charge in [0.05, 0.1) is 18.3 Å². The van der Waals surface area contributed by atoms with Gasteiger partial charge in [0.1, 0.15) is 35.1 Å². The number of methoxy groups -OCH3 is 1. The highest BCUT2D eigenvalue weighted by Gasteiger charge is 2.37. The van der Waals surface area contributed by atoms with E-state index in [2.05, 4.69) is 27.2 Å². The first-order valence-corrected chi connectivity index (χ1v) is 12.6. The average Bonchev–Trinajstić information content (AvgIpc) is 2.92. The van der Waals surface area contributed by atoms with Gasteiger partial charge in [0.25, 0.3) is 0 Å². The highest BCUT2D eigenvalue weighted by Crippen LogP contribution is 2.37. The largest absolute Gasteiger partial charge is 0.493 e. The molecule has 1 fully saturated rings. The number of ether oxygens (including phenoxy) is 2. The number of hydrogen-bond acceptors (Lipinski definition) is 7. The SMILES string of the molecule is C=CC(=O)N1CCC(Oc2cc3c(Nc4ccc(F)c(Cl)c4F)ncnc3cc2OC)CC1C(=O)NC(C)C. The summed E-state index contributed by atoms with van der Waals surface area (Å²) in [5.41, 5.74) is 0.406. The smallest absolute Gasteiger partial charge is 0.246 e. The van der Waals surface area contributed by atoms with E-state index in [1.165, 1.54) is 30.5 Å². The molecule has 0 radical (unpaired) electrons. The number of hydrogen-bond donors (Lipinski definition) is 2. The lowest BCUT2D eigenvalue weighted by molar-refractivity contribution is -0.141. The fourth-order valence-corrected chi connectivity index (χ4v) is 4.56. The Labute approximate surface area is 229 Å². The molecule has 12 heteroatoms. The van der Waals surface area contributed by atoms with E-state index in [9.17, 15) is 18.4 Å². The number of nitrogens with zero attached hydrogens (tertiary/aromatic N) is 3. The minimum atomic E-state index is -0.958. The predicted octanol–water partition coefficient (Wildman–Crippen LogP) is 4.76. The zero-order chi connectivity index (χ0) is 28.3. The van der Waals surface area contributed by atoms with Gasteiger partial charge >= 0.3 is 0 Å². The van der Waals surface area contributed by atoms with Gasteiger partial charge in [0.2, 0.25) is 11.8 Å². The van der Waals surface area contributed by atoms with Crippen LogP contribution in [0.15, 0.2) is 43.2 Å². The van der Waals surface area contributed by atoms with E-state index in [1.54, 1.807) is 12.1 Å². The lowest BCUT2D eigenvalue weighted by Gasteiger charge is -2.38. The summed E-state index contributed by atoms with van der Waals surface area (Å²) in [6, 6.07) is 4.70. The Morgan fingerprint density at radius 3 is 2.69 bits per heavy atom. The Kier molecular flexibility index (Phi) is 8.49. The highest BCUT2D eigenvalue weighted by atomic mass is 35.5. The Morgan fingerprint density at radius 2 is 2.00 bits per heavy atom. The van der Waals surface area contributed by atoms with Crippen molar-refractivity contribution in [3.8, 4) is 11.5 Å². The summed E-state index contributed by atoms with van der Waals surface area (Å²) in [5, 5.41) is 5.53. The predicted molar refractivity (Wildman–Crippen MR) is 143 cm³/mol. The molecule has 9 nitrogen and oxygen atoms in total. The quantitative estimate of drug-likeness (QED) is 0.303. The van der Waals surface area contributed by atoms with Crippen LogP contribution in [-0.4, -0.2) is 58.5 Å². The Morgan fingerprint density at radius 1 is 1.23 bits per heavy atom. The van der Waals surface area contributed by atoms with Crippen molar-refractivity contribution in [2.24, 2.45) is 0 Å². The molecular formula is C27H28ClF2N5O4. The molecule has 2 N–H and O–H groups in total. The van der Waals surface area contributed by atoms with E-state index in [1.807, 2.05) is 13.8 Å². The van der Waals surface area contributed by atoms with Crippen molar-refractivity contribution in [2.45, 2.75) is 44.9 Å². The van der Waals surface area contributed by atoms with E-state index in [0.29, 0.717) is 35.4 Å². The van der Waals surface area contributed by atoms with Crippen molar-refractivity contribution in [2.75, 3.05) is 19.0 Å². The number of nitrogens with one attached hydrogen (secondary N) is 2. The van der Waals surface area contributed by atoms with Gasteiger partial charge in [-0.25, -0.2) is 18.7 Å². The molecule has 39 heavy (non-hydrogen) atoms. The van der Waals surface area contributed by atoms with Crippen LogP contribution in [0, 0.1) is 11.6 Å². The van der Waals surface area contributed by atoms with Gasteiger partial charge in [-0.2, -0.15) is 0 Å². The third-order valence-corrected chi connectivity index (χ3v) is 6.59. The topological polar surface area (TPSA) is 106 Å². The summed E-state index contributed by atoms with van der Waals surface area (Å²) < 4.78 is 40.0. The first kappa shape index (κ1) is 28.0. The minimum Gasteiger partial charge on any atom is -0.493 e. The molecule has 0 saturated carbocycles. The van der Waals surface area contributed by atoms with E-state index in [4.69, 9.17) is 21.1 Å². The maximum absolute atomic E-state index is 14.6. The second kappa shape index (κ2) is 11.8. The van der Waals surface area contributed by atoms with Gasteiger partial charge in [-0.1, -0.05) is 18.2 Å². The number of benzene rings is 2. The molecule has 4 rings (SSSR count). The van der Waals surface area contributed by atoms with Crippen molar-refractivity contribution < 1.29 is 27.8 Å². The Balaban J connectivity index is 1.65. The van der Waals surface area contributed by atoms with Crippen molar-refractivity contribution in [3.63, 3.8) is 0 Å². The number of fused-ring (bicyclic) bond motifs is 1. The lowest BCUT2D eigenvalue weighted by atomic mass is 9.97. The maximum atomic E-state index is 14.6. The molecule has 2 aromatic carbocycles. The second-order valence-electron chi connectivity index (χ2n) is 9.27. The monoisotopic (exact) mass is 559 g/mol. The summed E-state index contributed by atoms with van der Waals surface area (Å²) in [7, 11) is 1.48. The summed E-state index contributed by atoms with van der Waals surface area (Å²) in [6.45, 7) is 7.52. The number of piperidine rings is 1. The van der Waals surface area contributed by atoms with Gasteiger partial charge in [-0.15, -0.1) is 0 Å². The molecule has 1 aliphatic rings. The fourth-order valence-electron chi connectivity index (χ4n) is 4.40. The Bertz CT molecular complexity index is 1420. The standard InChI is InChI=1S/C27H28ClF2N5O4/c1-5-23(36)35-9-8-15(10-20(35)27(37)33-14(2)3)39-22-11-16-19(12-21(22)38-4)31-13-32-26(16)34-18-7-6-17(29)24(28)25(18)30/h5-7,11-15,20H,1,8-10H2,2-4H3,(H,33,37)(H,31,32,34). The van der Waals surface area contributed by atoms with Gasteiger partial charge < -0.3 is 25.0 Å². The van der Waals surface area contributed by atoms with Crippen LogP contribution in [0.25, 0.3) is 10.9 Å². The van der Waals surface area contributed by atoms with E-state index in [0.717, 1.165) is 6.07 Å². The molecule has 2 amide bonds. The lowest BCUT2D eigenvalue weighted by Crippen LogP contribution is -2.56. The van der Waals surface area contributed by atoms with Crippen molar-refractivity contribution >= 4 is 45.8 Å². The van der Waals surface area contributed by atoms with Crippen LogP contribution in [0.2, 0.25) is 5.02 Å². The number of likely N-dealkylation sites (tertiary alicyclic amines) is 1. The molecule has 1 aromatic heterocycles. The molecule has 2 unspecified atom stereocenters. The normalized spacial score (nSPS) is 17.2.